The second kappa shape index (κ2) is 11.6. The summed E-state index contributed by atoms with van der Waals surface area (Å²) >= 11 is 0. The third-order valence-corrected chi connectivity index (χ3v) is 1.86. The Labute approximate surface area is 100 Å². The topological polar surface area (TPSA) is 24.7 Å². The van der Waals surface area contributed by atoms with E-state index in [1.807, 2.05) is 45.9 Å². The summed E-state index contributed by atoms with van der Waals surface area (Å²) in [5.41, 5.74) is 3.21. The molecule has 0 atom stereocenters. The fourth-order valence-corrected chi connectivity index (χ4v) is 0.977. The van der Waals surface area contributed by atoms with E-state index in [9.17, 15) is 0 Å². The van der Waals surface area contributed by atoms with Gasteiger partial charge in [-0.25, -0.2) is 0 Å². The minimum Gasteiger partial charge on any atom is -0.296 e. The number of hydrogen-bond acceptors (Lipinski definition) is 2. The van der Waals surface area contributed by atoms with Crippen LogP contribution in [0.4, 0.5) is 0 Å². The van der Waals surface area contributed by atoms with Gasteiger partial charge in [-0.1, -0.05) is 26.5 Å². The zero-order valence-electron chi connectivity index (χ0n) is 11.4. The highest BCUT2D eigenvalue weighted by Gasteiger charge is 1.94. The van der Waals surface area contributed by atoms with Crippen LogP contribution in [0.3, 0.4) is 0 Å². The lowest BCUT2D eigenvalue weighted by Gasteiger charge is -2.00. The van der Waals surface area contributed by atoms with Gasteiger partial charge in [-0.3, -0.25) is 9.98 Å². The SMILES string of the molecule is C=CC(=C\C=NC)/C(C)=C/C(C)=NC.CC. The first kappa shape index (κ1) is 17.0. The Bertz CT molecular complexity index is 305. The summed E-state index contributed by atoms with van der Waals surface area (Å²) in [6.07, 6.45) is 7.53. The molecule has 0 amide bonds. The molecule has 0 saturated carbocycles. The van der Waals surface area contributed by atoms with E-state index in [0.717, 1.165) is 16.9 Å². The van der Waals surface area contributed by atoms with Crippen LogP contribution in [0, 0.1) is 0 Å². The highest BCUT2D eigenvalue weighted by atomic mass is 14.7. The van der Waals surface area contributed by atoms with Crippen LogP contribution in [-0.4, -0.2) is 26.0 Å². The third kappa shape index (κ3) is 7.92. The molecule has 0 fully saturated rings. The van der Waals surface area contributed by atoms with E-state index in [-0.39, 0.29) is 0 Å². The van der Waals surface area contributed by atoms with Crippen molar-refractivity contribution in [3.63, 3.8) is 0 Å². The van der Waals surface area contributed by atoms with Crippen LogP contribution >= 0.6 is 0 Å². The molecule has 90 valence electrons. The number of nitrogens with zero attached hydrogens (tertiary/aromatic N) is 2. The summed E-state index contributed by atoms with van der Waals surface area (Å²) in [4.78, 5) is 7.97. The fraction of sp³-hybridized carbons (Fsp3) is 0.429. The standard InChI is InChI=1S/C12H18N2.C2H6/c1-6-12(7-8-13-4)10(2)9-11(3)14-5;1-2/h6-9H,1H2,2-5H3;1-2H3/b10-9+,12-7+,13-8?,14-11?;. The molecule has 0 aromatic carbocycles. The van der Waals surface area contributed by atoms with Gasteiger partial charge in [-0.2, -0.15) is 0 Å². The lowest BCUT2D eigenvalue weighted by Crippen LogP contribution is -1.89. The van der Waals surface area contributed by atoms with Crippen LogP contribution in [0.2, 0.25) is 0 Å². The molecule has 0 N–H and O–H groups in total. The zero-order chi connectivity index (χ0) is 13.0. The Hall–Kier alpha value is -1.44. The molecule has 2 heteroatoms. The molecule has 0 spiro atoms. The normalized spacial score (nSPS) is 13.5. The van der Waals surface area contributed by atoms with Crippen molar-refractivity contribution >= 4 is 11.9 Å². The van der Waals surface area contributed by atoms with E-state index in [4.69, 9.17) is 0 Å². The van der Waals surface area contributed by atoms with E-state index in [0.29, 0.717) is 0 Å². The highest BCUT2D eigenvalue weighted by molar-refractivity contribution is 5.94. The molecule has 0 unspecified atom stereocenters. The van der Waals surface area contributed by atoms with E-state index in [1.165, 1.54) is 0 Å². The van der Waals surface area contributed by atoms with Crippen molar-refractivity contribution in [1.82, 2.24) is 0 Å². The Morgan fingerprint density at radius 3 is 2.06 bits per heavy atom. The predicted molar refractivity (Wildman–Crippen MR) is 76.8 cm³/mol. The number of aliphatic imine (C=N–C) groups is 2. The highest BCUT2D eigenvalue weighted by Crippen LogP contribution is 2.09. The maximum absolute atomic E-state index is 4.07. The minimum atomic E-state index is 1.00. The van der Waals surface area contributed by atoms with Gasteiger partial charge in [0.1, 0.15) is 0 Å². The summed E-state index contributed by atoms with van der Waals surface area (Å²) in [6.45, 7) is 11.8. The monoisotopic (exact) mass is 220 g/mol. The van der Waals surface area contributed by atoms with Gasteiger partial charge in [0.2, 0.25) is 0 Å². The van der Waals surface area contributed by atoms with Gasteiger partial charge in [0.05, 0.1) is 0 Å². The van der Waals surface area contributed by atoms with Crippen LogP contribution in [-0.2, 0) is 0 Å². The van der Waals surface area contributed by atoms with Gasteiger partial charge in [0, 0.05) is 26.0 Å². The molecule has 0 rings (SSSR count). The molecule has 0 aliphatic carbocycles. The molecule has 0 saturated heterocycles. The molecule has 0 aliphatic rings. The predicted octanol–water partition coefficient (Wildman–Crippen LogP) is 3.86. The van der Waals surface area contributed by atoms with E-state index >= 15 is 0 Å². The Kier molecular flexibility index (Phi) is 12.3. The van der Waals surface area contributed by atoms with Crippen LogP contribution in [0.1, 0.15) is 27.7 Å². The summed E-state index contributed by atoms with van der Waals surface area (Å²) in [7, 11) is 3.53. The summed E-state index contributed by atoms with van der Waals surface area (Å²) < 4.78 is 0. The quantitative estimate of drug-likeness (QED) is 0.507. The Morgan fingerprint density at radius 2 is 1.69 bits per heavy atom. The molecule has 0 aromatic heterocycles. The van der Waals surface area contributed by atoms with Crippen LogP contribution < -0.4 is 0 Å². The van der Waals surface area contributed by atoms with E-state index in [2.05, 4.69) is 16.6 Å². The molecule has 2 nitrogen and oxygen atoms in total. The molecule has 0 heterocycles. The van der Waals surface area contributed by atoms with Crippen molar-refractivity contribution in [2.45, 2.75) is 27.7 Å². The second-order valence-electron chi connectivity index (χ2n) is 2.93. The van der Waals surface area contributed by atoms with Gasteiger partial charge in [0.25, 0.3) is 0 Å². The first-order valence-corrected chi connectivity index (χ1v) is 5.52. The Morgan fingerprint density at radius 1 is 1.12 bits per heavy atom. The first-order chi connectivity index (χ1) is 7.65. The number of allylic oxidation sites excluding steroid dienone is 5. The molecular weight excluding hydrogens is 196 g/mol. The average molecular weight is 220 g/mol. The lowest BCUT2D eigenvalue weighted by molar-refractivity contribution is 1.39. The Balaban J connectivity index is 0. The van der Waals surface area contributed by atoms with E-state index in [1.54, 1.807) is 20.3 Å². The molecule has 0 radical (unpaired) electrons. The van der Waals surface area contributed by atoms with Crippen molar-refractivity contribution in [3.05, 3.63) is 36.0 Å². The summed E-state index contributed by atoms with van der Waals surface area (Å²) in [6, 6.07) is 0. The van der Waals surface area contributed by atoms with Gasteiger partial charge in [-0.05, 0) is 37.1 Å². The van der Waals surface area contributed by atoms with Crippen LogP contribution in [0.25, 0.3) is 0 Å². The summed E-state index contributed by atoms with van der Waals surface area (Å²) in [5.74, 6) is 0. The van der Waals surface area contributed by atoms with Gasteiger partial charge in [0.15, 0.2) is 0 Å². The van der Waals surface area contributed by atoms with Crippen molar-refractivity contribution in [2.75, 3.05) is 14.1 Å². The van der Waals surface area contributed by atoms with Crippen molar-refractivity contribution in [3.8, 4) is 0 Å². The first-order valence-electron chi connectivity index (χ1n) is 5.52. The van der Waals surface area contributed by atoms with Crippen molar-refractivity contribution in [1.29, 1.82) is 0 Å². The third-order valence-electron chi connectivity index (χ3n) is 1.86. The van der Waals surface area contributed by atoms with Gasteiger partial charge >= 0.3 is 0 Å². The smallest absolute Gasteiger partial charge is 0.0316 e. The second-order valence-corrected chi connectivity index (χ2v) is 2.93. The van der Waals surface area contributed by atoms with E-state index < -0.39 is 0 Å². The van der Waals surface area contributed by atoms with Gasteiger partial charge in [-0.15, -0.1) is 0 Å². The van der Waals surface area contributed by atoms with Crippen molar-refractivity contribution < 1.29 is 0 Å². The summed E-state index contributed by atoms with van der Waals surface area (Å²) in [5, 5.41) is 0. The van der Waals surface area contributed by atoms with Gasteiger partial charge < -0.3 is 0 Å². The molecule has 0 bridgehead atoms. The largest absolute Gasteiger partial charge is 0.296 e. The molecule has 16 heavy (non-hydrogen) atoms. The number of hydrogen-bond donors (Lipinski definition) is 0. The minimum absolute atomic E-state index is 1.00. The fourth-order valence-electron chi connectivity index (χ4n) is 0.977. The molecule has 0 aromatic rings. The van der Waals surface area contributed by atoms with Crippen molar-refractivity contribution in [2.24, 2.45) is 9.98 Å². The number of rotatable bonds is 4. The maximum Gasteiger partial charge on any atom is 0.0316 e. The lowest BCUT2D eigenvalue weighted by atomic mass is 10.1. The maximum atomic E-state index is 4.07. The zero-order valence-corrected chi connectivity index (χ0v) is 11.4. The van der Waals surface area contributed by atoms with Crippen LogP contribution in [0.5, 0.6) is 0 Å². The van der Waals surface area contributed by atoms with Crippen LogP contribution in [0.15, 0.2) is 45.9 Å². The molecule has 0 aliphatic heterocycles. The average Bonchev–Trinajstić information content (AvgIpc) is 2.32. The molecular formula is C14H24N2.